The maximum Gasteiger partial charge on any atom is 0.269 e. The number of aryl methyl sites for hydroxylation is 1. The summed E-state index contributed by atoms with van der Waals surface area (Å²) in [6.45, 7) is 3.58. The van der Waals surface area contributed by atoms with Crippen LogP contribution in [0.15, 0.2) is 35.4 Å². The first-order valence-electron chi connectivity index (χ1n) is 9.16. The molecule has 1 atom stereocenters. The molecule has 27 heavy (non-hydrogen) atoms. The molecule has 1 aromatic heterocycles. The van der Waals surface area contributed by atoms with Crippen molar-refractivity contribution in [3.05, 3.63) is 47.3 Å². The second kappa shape index (κ2) is 7.01. The van der Waals surface area contributed by atoms with Crippen molar-refractivity contribution in [1.29, 1.82) is 0 Å². The van der Waals surface area contributed by atoms with E-state index in [4.69, 9.17) is 4.74 Å². The molecular weight excluding hydrogens is 366 g/mol. The predicted molar refractivity (Wildman–Crippen MR) is 101 cm³/mol. The Morgan fingerprint density at radius 2 is 2.22 bits per heavy atom. The van der Waals surface area contributed by atoms with Crippen molar-refractivity contribution in [2.24, 2.45) is 0 Å². The molecule has 144 valence electrons. The van der Waals surface area contributed by atoms with E-state index in [1.54, 1.807) is 18.3 Å². The lowest BCUT2D eigenvalue weighted by Crippen LogP contribution is -2.27. The highest BCUT2D eigenvalue weighted by Gasteiger charge is 2.27. The molecule has 8 heteroatoms. The first kappa shape index (κ1) is 18.1. The van der Waals surface area contributed by atoms with Gasteiger partial charge in [0.05, 0.1) is 24.0 Å². The number of nitrogens with one attached hydrogen (secondary N) is 2. The molecular formula is C19H23N3O4S. The first-order valence-corrected chi connectivity index (χ1v) is 10.6. The number of amides is 1. The van der Waals surface area contributed by atoms with Crippen molar-refractivity contribution < 1.29 is 17.9 Å². The average molecular weight is 389 g/mol. The molecule has 2 aromatic rings. The van der Waals surface area contributed by atoms with E-state index in [2.05, 4.69) is 10.6 Å². The molecule has 0 unspecified atom stereocenters. The second-order valence-corrected chi connectivity index (χ2v) is 8.84. The van der Waals surface area contributed by atoms with Gasteiger partial charge >= 0.3 is 0 Å². The molecule has 1 amide bonds. The SMILES string of the molecule is Cc1cc2n(c1)S(=O)(=O)c1ccc(C(=O)NCC[C@H]3CCCO3)cc1NC2. The van der Waals surface area contributed by atoms with Crippen LogP contribution in [0.2, 0.25) is 0 Å². The van der Waals surface area contributed by atoms with Crippen LogP contribution >= 0.6 is 0 Å². The molecule has 2 aliphatic rings. The van der Waals surface area contributed by atoms with Crippen molar-refractivity contribution >= 4 is 21.6 Å². The molecule has 1 aromatic carbocycles. The standard InChI is InChI=1S/C19H23N3O4S/c1-13-9-15-11-21-17-10-14(4-5-18(17)27(24,25)22(15)12-13)19(23)20-7-6-16-3-2-8-26-16/h4-5,9-10,12,16,21H,2-3,6-8,11H2,1H3,(H,20,23)/t16-/m1/s1. The smallest absolute Gasteiger partial charge is 0.269 e. The minimum Gasteiger partial charge on any atom is -0.378 e. The summed E-state index contributed by atoms with van der Waals surface area (Å²) in [5, 5.41) is 6.03. The maximum absolute atomic E-state index is 12.9. The second-order valence-electron chi connectivity index (χ2n) is 7.05. The number of fused-ring (bicyclic) bond motifs is 2. The van der Waals surface area contributed by atoms with Gasteiger partial charge in [-0.25, -0.2) is 12.4 Å². The molecule has 0 saturated carbocycles. The minimum absolute atomic E-state index is 0.174. The van der Waals surface area contributed by atoms with Crippen LogP contribution in [0.4, 0.5) is 5.69 Å². The first-order chi connectivity index (χ1) is 12.9. The summed E-state index contributed by atoms with van der Waals surface area (Å²) in [5.41, 5.74) is 2.45. The number of hydrogen-bond donors (Lipinski definition) is 2. The highest BCUT2D eigenvalue weighted by atomic mass is 32.2. The van der Waals surface area contributed by atoms with Gasteiger partial charge in [-0.05, 0) is 56.0 Å². The fourth-order valence-electron chi connectivity index (χ4n) is 3.63. The van der Waals surface area contributed by atoms with Gasteiger partial charge in [-0.1, -0.05) is 0 Å². The van der Waals surface area contributed by atoms with Crippen molar-refractivity contribution in [3.63, 3.8) is 0 Å². The quantitative estimate of drug-likeness (QED) is 0.837. The molecule has 2 aliphatic heterocycles. The molecule has 1 fully saturated rings. The van der Waals surface area contributed by atoms with Crippen molar-refractivity contribution in [1.82, 2.24) is 9.29 Å². The fourth-order valence-corrected chi connectivity index (χ4v) is 5.22. The third-order valence-corrected chi connectivity index (χ3v) is 6.78. The summed E-state index contributed by atoms with van der Waals surface area (Å²) < 4.78 is 32.7. The van der Waals surface area contributed by atoms with Gasteiger partial charge in [-0.2, -0.15) is 0 Å². The number of nitrogens with zero attached hydrogens (tertiary/aromatic N) is 1. The van der Waals surface area contributed by atoms with Crippen molar-refractivity contribution in [2.45, 2.75) is 43.7 Å². The number of carbonyl (C=O) groups is 1. The molecule has 0 aliphatic carbocycles. The van der Waals surface area contributed by atoms with Gasteiger partial charge in [-0.3, -0.25) is 4.79 Å². The summed E-state index contributed by atoms with van der Waals surface area (Å²) in [6.07, 6.45) is 4.75. The largest absolute Gasteiger partial charge is 0.378 e. The Kier molecular flexibility index (Phi) is 4.69. The van der Waals surface area contributed by atoms with Crippen LogP contribution in [0.1, 0.15) is 40.9 Å². The van der Waals surface area contributed by atoms with Crippen LogP contribution in [0, 0.1) is 6.92 Å². The Morgan fingerprint density at radius 3 is 3.00 bits per heavy atom. The average Bonchev–Trinajstić information content (AvgIpc) is 3.27. The molecule has 0 bridgehead atoms. The third kappa shape index (κ3) is 3.46. The topological polar surface area (TPSA) is 89.4 Å². The number of benzene rings is 1. The van der Waals surface area contributed by atoms with E-state index in [1.807, 2.05) is 13.0 Å². The van der Waals surface area contributed by atoms with Crippen molar-refractivity contribution in [2.75, 3.05) is 18.5 Å². The van der Waals surface area contributed by atoms with E-state index in [0.717, 1.165) is 31.4 Å². The van der Waals surface area contributed by atoms with E-state index in [0.29, 0.717) is 30.0 Å². The van der Waals surface area contributed by atoms with Crippen LogP contribution in [-0.4, -0.2) is 37.6 Å². The van der Waals surface area contributed by atoms with E-state index in [-0.39, 0.29) is 16.9 Å². The predicted octanol–water partition coefficient (Wildman–Crippen LogP) is 2.26. The van der Waals surface area contributed by atoms with E-state index < -0.39 is 10.0 Å². The van der Waals surface area contributed by atoms with Gasteiger partial charge in [0.2, 0.25) is 0 Å². The number of aromatic nitrogens is 1. The zero-order valence-corrected chi connectivity index (χ0v) is 16.0. The molecule has 1 saturated heterocycles. The number of carbonyl (C=O) groups excluding carboxylic acids is 1. The zero-order valence-electron chi connectivity index (χ0n) is 15.2. The van der Waals surface area contributed by atoms with Crippen LogP contribution in [-0.2, 0) is 21.3 Å². The van der Waals surface area contributed by atoms with Gasteiger partial charge in [0.1, 0.15) is 4.90 Å². The molecule has 4 rings (SSSR count). The summed E-state index contributed by atoms with van der Waals surface area (Å²) in [6, 6.07) is 6.50. The van der Waals surface area contributed by atoms with Gasteiger partial charge in [-0.15, -0.1) is 0 Å². The van der Waals surface area contributed by atoms with Crippen molar-refractivity contribution in [3.8, 4) is 0 Å². The number of ether oxygens (including phenoxy) is 1. The van der Waals surface area contributed by atoms with Crippen LogP contribution < -0.4 is 10.6 Å². The molecule has 3 heterocycles. The van der Waals surface area contributed by atoms with Gasteiger partial charge in [0, 0.05) is 24.9 Å². The molecule has 0 radical (unpaired) electrons. The molecule has 2 N–H and O–H groups in total. The third-order valence-electron chi connectivity index (χ3n) is 5.01. The zero-order chi connectivity index (χ0) is 19.0. The van der Waals surface area contributed by atoms with E-state index in [1.165, 1.54) is 10.0 Å². The highest BCUT2D eigenvalue weighted by Crippen LogP contribution is 2.30. The van der Waals surface area contributed by atoms with Crippen LogP contribution in [0.5, 0.6) is 0 Å². The Balaban J connectivity index is 1.52. The number of hydrogen-bond acceptors (Lipinski definition) is 5. The Bertz CT molecular complexity index is 975. The Hall–Kier alpha value is -2.32. The summed E-state index contributed by atoms with van der Waals surface area (Å²) in [4.78, 5) is 12.6. The lowest BCUT2D eigenvalue weighted by atomic mass is 10.1. The van der Waals surface area contributed by atoms with E-state index >= 15 is 0 Å². The van der Waals surface area contributed by atoms with Gasteiger partial charge in [0.25, 0.3) is 15.9 Å². The minimum atomic E-state index is -3.68. The Labute approximate surface area is 158 Å². The normalized spacial score (nSPS) is 20.3. The van der Waals surface area contributed by atoms with Crippen LogP contribution in [0.3, 0.4) is 0 Å². The molecule has 7 nitrogen and oxygen atoms in total. The van der Waals surface area contributed by atoms with Gasteiger partial charge < -0.3 is 15.4 Å². The highest BCUT2D eigenvalue weighted by molar-refractivity contribution is 7.90. The summed E-state index contributed by atoms with van der Waals surface area (Å²) >= 11 is 0. The van der Waals surface area contributed by atoms with E-state index in [9.17, 15) is 13.2 Å². The Morgan fingerprint density at radius 1 is 1.37 bits per heavy atom. The lowest BCUT2D eigenvalue weighted by Gasteiger charge is -2.12. The lowest BCUT2D eigenvalue weighted by molar-refractivity contribution is 0.0907. The fraction of sp³-hybridized carbons (Fsp3) is 0.421. The summed E-state index contributed by atoms with van der Waals surface area (Å²) in [7, 11) is -3.68. The maximum atomic E-state index is 12.9. The van der Waals surface area contributed by atoms with Crippen LogP contribution in [0.25, 0.3) is 0 Å². The number of rotatable bonds is 4. The monoisotopic (exact) mass is 389 g/mol. The number of anilines is 1. The summed E-state index contributed by atoms with van der Waals surface area (Å²) in [5.74, 6) is -0.213. The molecule has 0 spiro atoms. The van der Waals surface area contributed by atoms with Gasteiger partial charge in [0.15, 0.2) is 0 Å².